The zero-order valence-electron chi connectivity index (χ0n) is 19.7. The molecule has 186 valence electrons. The maximum absolute atomic E-state index is 13.6. The van der Waals surface area contributed by atoms with Gasteiger partial charge in [-0.15, -0.1) is 0 Å². The lowest BCUT2D eigenvalue weighted by Crippen LogP contribution is -2.34. The number of benzene rings is 2. The summed E-state index contributed by atoms with van der Waals surface area (Å²) in [6.07, 6.45) is 5.88. The van der Waals surface area contributed by atoms with Crippen LogP contribution in [0.2, 0.25) is 0 Å². The van der Waals surface area contributed by atoms with Crippen LogP contribution in [0.5, 0.6) is 0 Å². The first-order valence-electron chi connectivity index (χ1n) is 11.7. The van der Waals surface area contributed by atoms with Crippen LogP contribution in [0.25, 0.3) is 17.0 Å². The zero-order valence-corrected chi connectivity index (χ0v) is 21.3. The molecule has 5 rings (SSSR count). The molecule has 6 nitrogen and oxygen atoms in total. The topological polar surface area (TPSA) is 74.0 Å². The third kappa shape index (κ3) is 5.31. The fraction of sp³-hybridized carbons (Fsp3) is 0.179. The molecule has 1 N–H and O–H groups in total. The number of rotatable bonds is 5. The Balaban J connectivity index is 1.40. The van der Waals surface area contributed by atoms with Crippen molar-refractivity contribution in [2.45, 2.75) is 19.5 Å². The van der Waals surface area contributed by atoms with Gasteiger partial charge in [0.1, 0.15) is 5.82 Å². The highest BCUT2D eigenvalue weighted by Gasteiger charge is 2.26. The van der Waals surface area contributed by atoms with Gasteiger partial charge in [-0.1, -0.05) is 28.1 Å². The highest BCUT2D eigenvalue weighted by Crippen LogP contribution is 2.32. The molecule has 0 saturated carbocycles. The molecule has 2 aromatic heterocycles. The Bertz CT molecular complexity index is 1570. The highest BCUT2D eigenvalue weighted by atomic mass is 79.9. The maximum atomic E-state index is 13.6. The number of carbonyl (C=O) groups excluding carboxylic acids is 1. The van der Waals surface area contributed by atoms with Gasteiger partial charge < -0.3 is 5.32 Å². The first kappa shape index (κ1) is 24.8. The van der Waals surface area contributed by atoms with Crippen molar-refractivity contribution < 1.29 is 13.6 Å². The number of nitrogens with one attached hydrogen (secondary N) is 1. The van der Waals surface area contributed by atoms with Gasteiger partial charge in [0.15, 0.2) is 0 Å². The molecule has 37 heavy (non-hydrogen) atoms. The van der Waals surface area contributed by atoms with Crippen molar-refractivity contribution in [2.24, 2.45) is 0 Å². The van der Waals surface area contributed by atoms with Crippen molar-refractivity contribution in [3.63, 3.8) is 0 Å². The van der Waals surface area contributed by atoms with Crippen molar-refractivity contribution in [1.82, 2.24) is 19.8 Å². The minimum atomic E-state index is -0.599. The van der Waals surface area contributed by atoms with Crippen LogP contribution in [0.4, 0.5) is 13.6 Å². The summed E-state index contributed by atoms with van der Waals surface area (Å²) in [5.74, 6) is -0.891. The highest BCUT2D eigenvalue weighted by molar-refractivity contribution is 9.10. The second-order valence-electron chi connectivity index (χ2n) is 8.80. The van der Waals surface area contributed by atoms with Crippen LogP contribution in [0, 0.1) is 23.1 Å². The molecule has 0 unspecified atom stereocenters. The first-order chi connectivity index (χ1) is 17.9. The fourth-order valence-corrected chi connectivity index (χ4v) is 5.03. The molecule has 3 heterocycles. The minimum Gasteiger partial charge on any atom is -0.333 e. The molecule has 1 aliphatic heterocycles. The van der Waals surface area contributed by atoms with E-state index in [9.17, 15) is 18.8 Å². The van der Waals surface area contributed by atoms with Gasteiger partial charge in [-0.3, -0.25) is 9.47 Å². The molecule has 0 saturated heterocycles. The molecule has 0 fully saturated rings. The lowest BCUT2D eigenvalue weighted by atomic mass is 10.0. The number of pyridine rings is 1. The van der Waals surface area contributed by atoms with E-state index in [4.69, 9.17) is 0 Å². The van der Waals surface area contributed by atoms with E-state index in [0.29, 0.717) is 30.6 Å². The number of nitrogens with zero attached hydrogens (tertiary/aromatic N) is 4. The Kier molecular flexibility index (Phi) is 7.12. The van der Waals surface area contributed by atoms with Crippen LogP contribution in [0.1, 0.15) is 27.9 Å². The predicted octanol–water partition coefficient (Wildman–Crippen LogP) is 5.78. The van der Waals surface area contributed by atoms with Gasteiger partial charge in [0, 0.05) is 54.3 Å². The van der Waals surface area contributed by atoms with E-state index in [1.165, 1.54) is 24.4 Å². The molecule has 0 spiro atoms. The van der Waals surface area contributed by atoms with Crippen LogP contribution < -0.4 is 5.32 Å². The van der Waals surface area contributed by atoms with Crippen LogP contribution in [-0.4, -0.2) is 33.6 Å². The number of carbonyl (C=O) groups is 1. The largest absolute Gasteiger partial charge is 0.333 e. The van der Waals surface area contributed by atoms with Crippen molar-refractivity contribution in [1.29, 1.82) is 5.26 Å². The van der Waals surface area contributed by atoms with Crippen molar-refractivity contribution >= 4 is 38.9 Å². The van der Waals surface area contributed by atoms with Crippen molar-refractivity contribution in [2.75, 3.05) is 13.1 Å². The summed E-state index contributed by atoms with van der Waals surface area (Å²) < 4.78 is 29.5. The van der Waals surface area contributed by atoms with E-state index in [1.54, 1.807) is 28.8 Å². The third-order valence-corrected chi connectivity index (χ3v) is 7.14. The first-order valence-corrected chi connectivity index (χ1v) is 12.5. The van der Waals surface area contributed by atoms with Gasteiger partial charge in [0.25, 0.3) is 0 Å². The minimum absolute atomic E-state index is 0.162. The number of hydrogen-bond donors (Lipinski definition) is 1. The monoisotopic (exact) mass is 561 g/mol. The summed E-state index contributed by atoms with van der Waals surface area (Å²) in [5.41, 5.74) is 4.52. The Morgan fingerprint density at radius 1 is 1.19 bits per heavy atom. The Morgan fingerprint density at radius 3 is 2.86 bits per heavy atom. The van der Waals surface area contributed by atoms with Gasteiger partial charge >= 0.3 is 6.03 Å². The molecular weight excluding hydrogens is 540 g/mol. The van der Waals surface area contributed by atoms with Crippen molar-refractivity contribution in [3.8, 4) is 6.07 Å². The van der Waals surface area contributed by atoms with Gasteiger partial charge in [-0.2, -0.15) is 9.65 Å². The van der Waals surface area contributed by atoms with E-state index in [0.717, 1.165) is 38.7 Å². The van der Waals surface area contributed by atoms with Gasteiger partial charge in [0.05, 0.1) is 17.1 Å². The zero-order chi connectivity index (χ0) is 25.9. The average molecular weight is 562 g/mol. The summed E-state index contributed by atoms with van der Waals surface area (Å²) in [6.45, 7) is 2.14. The maximum Gasteiger partial charge on any atom is 0.326 e. The van der Waals surface area contributed by atoms with E-state index < -0.39 is 5.95 Å². The molecule has 1 amide bonds. The van der Waals surface area contributed by atoms with Crippen LogP contribution in [-0.2, 0) is 19.5 Å². The third-order valence-electron chi connectivity index (χ3n) is 6.41. The lowest BCUT2D eigenvalue weighted by Gasteiger charge is -2.27. The van der Waals surface area contributed by atoms with E-state index in [2.05, 4.69) is 37.2 Å². The molecular formula is C28H22BrF2N5O. The molecule has 0 radical (unpaired) electrons. The van der Waals surface area contributed by atoms with Crippen LogP contribution in [0.3, 0.4) is 0 Å². The summed E-state index contributed by atoms with van der Waals surface area (Å²) in [4.78, 5) is 19.1. The van der Waals surface area contributed by atoms with E-state index >= 15 is 0 Å². The van der Waals surface area contributed by atoms with Gasteiger partial charge in [-0.05, 0) is 65.2 Å². The second-order valence-corrected chi connectivity index (χ2v) is 9.66. The normalized spacial score (nSPS) is 13.6. The molecule has 1 aliphatic rings. The number of halogens is 3. The fourth-order valence-electron chi connectivity index (χ4n) is 4.65. The SMILES string of the molecule is N#Cc1ccc2c(c1)c1c(n2C(=O)NCc2ccnc(F)c2)CCN(CC=Cc2cc(F)ccc2Br)C1. The number of amides is 1. The van der Waals surface area contributed by atoms with Gasteiger partial charge in [-0.25, -0.2) is 14.2 Å². The summed E-state index contributed by atoms with van der Waals surface area (Å²) in [7, 11) is 0. The predicted molar refractivity (Wildman–Crippen MR) is 141 cm³/mol. The Hall–Kier alpha value is -3.87. The lowest BCUT2D eigenvalue weighted by molar-refractivity contribution is 0.240. The number of aromatic nitrogens is 2. The number of fused-ring (bicyclic) bond motifs is 3. The standard InChI is InChI=1S/C28H22BrF2N5O/c29-24-5-4-21(30)14-20(24)2-1-10-35-11-8-26-23(17-35)22-12-18(15-32)3-6-25(22)36(26)28(37)34-16-19-7-9-33-27(31)13-19/h1-7,9,12-14H,8,10-11,16-17H2,(H,34,37). The molecule has 4 aromatic rings. The summed E-state index contributed by atoms with van der Waals surface area (Å²) in [6, 6.07) is 14.7. The van der Waals surface area contributed by atoms with Crippen LogP contribution in [0.15, 0.2) is 65.3 Å². The van der Waals surface area contributed by atoms with E-state index in [-0.39, 0.29) is 18.4 Å². The second kappa shape index (κ2) is 10.6. The molecule has 9 heteroatoms. The smallest absolute Gasteiger partial charge is 0.326 e. The quantitative estimate of drug-likeness (QED) is 0.313. The molecule has 0 atom stereocenters. The Labute approximate surface area is 221 Å². The summed E-state index contributed by atoms with van der Waals surface area (Å²) >= 11 is 3.45. The van der Waals surface area contributed by atoms with E-state index in [1.807, 2.05) is 18.2 Å². The molecule has 0 bridgehead atoms. The Morgan fingerprint density at radius 2 is 2.05 bits per heavy atom. The van der Waals surface area contributed by atoms with Gasteiger partial charge in [0.2, 0.25) is 5.95 Å². The van der Waals surface area contributed by atoms with Crippen LogP contribution >= 0.6 is 15.9 Å². The average Bonchev–Trinajstić information content (AvgIpc) is 3.22. The number of nitriles is 1. The molecule has 2 aromatic carbocycles. The van der Waals surface area contributed by atoms with Crippen molar-refractivity contribution in [3.05, 3.63) is 105 Å². The summed E-state index contributed by atoms with van der Waals surface area (Å²) in [5, 5.41) is 13.2. The number of hydrogen-bond acceptors (Lipinski definition) is 4. The molecule has 0 aliphatic carbocycles.